The van der Waals surface area contributed by atoms with Gasteiger partial charge >= 0.3 is 0 Å². The summed E-state index contributed by atoms with van der Waals surface area (Å²) < 4.78 is 39.9. The van der Waals surface area contributed by atoms with Gasteiger partial charge in [0.1, 0.15) is 0 Å². The maximum atomic E-state index is 13.8. The first-order valence-electron chi connectivity index (χ1n) is 5.55. The van der Waals surface area contributed by atoms with Crippen LogP contribution in [0.4, 0.5) is 13.2 Å². The molecule has 1 unspecified atom stereocenters. The molecule has 1 aromatic heterocycles. The molecule has 100 valence electrons. The molecule has 0 radical (unpaired) electrons. The van der Waals surface area contributed by atoms with Crippen LogP contribution in [0, 0.1) is 24.4 Å². The Morgan fingerprint density at radius 2 is 1.89 bits per heavy atom. The third kappa shape index (κ3) is 2.59. The van der Waals surface area contributed by atoms with Crippen molar-refractivity contribution in [2.75, 3.05) is 0 Å². The van der Waals surface area contributed by atoms with Crippen molar-refractivity contribution in [3.05, 3.63) is 64.7 Å². The second-order valence-electron chi connectivity index (χ2n) is 4.16. The van der Waals surface area contributed by atoms with Gasteiger partial charge in [0.15, 0.2) is 17.5 Å². The number of benzene rings is 1. The van der Waals surface area contributed by atoms with Crippen LogP contribution in [0.25, 0.3) is 0 Å². The van der Waals surface area contributed by atoms with E-state index < -0.39 is 23.5 Å². The molecule has 1 heterocycles. The highest BCUT2D eigenvalue weighted by molar-refractivity contribution is 5.33. The summed E-state index contributed by atoms with van der Waals surface area (Å²) in [5, 5.41) is 0. The average molecular weight is 267 g/mol. The standard InChI is InChI=1S/C13H12F3N3/c1-7-4-8(6-18-5-7)13(19-17)9-2-3-10(14)12(16)11(9)15/h2-6,13,19H,17H2,1H3. The van der Waals surface area contributed by atoms with E-state index in [1.165, 1.54) is 6.20 Å². The number of nitrogens with zero attached hydrogens (tertiary/aromatic N) is 1. The molecular formula is C13H12F3N3. The van der Waals surface area contributed by atoms with E-state index in [9.17, 15) is 13.2 Å². The fourth-order valence-corrected chi connectivity index (χ4v) is 1.87. The van der Waals surface area contributed by atoms with Crippen LogP contribution in [-0.4, -0.2) is 4.98 Å². The maximum Gasteiger partial charge on any atom is 0.194 e. The van der Waals surface area contributed by atoms with Gasteiger partial charge in [-0.25, -0.2) is 18.6 Å². The number of aromatic nitrogens is 1. The predicted octanol–water partition coefficient (Wildman–Crippen LogP) is 2.36. The molecule has 2 rings (SSSR count). The molecule has 1 atom stereocenters. The minimum Gasteiger partial charge on any atom is -0.271 e. The molecule has 0 spiro atoms. The van der Waals surface area contributed by atoms with E-state index in [0.29, 0.717) is 5.56 Å². The minimum atomic E-state index is -1.52. The second kappa shape index (κ2) is 5.38. The number of pyridine rings is 1. The summed E-state index contributed by atoms with van der Waals surface area (Å²) in [6.45, 7) is 1.81. The van der Waals surface area contributed by atoms with Gasteiger partial charge in [-0.15, -0.1) is 0 Å². The van der Waals surface area contributed by atoms with Crippen LogP contribution in [0.1, 0.15) is 22.7 Å². The average Bonchev–Trinajstić information content (AvgIpc) is 2.40. The van der Waals surface area contributed by atoms with Crippen molar-refractivity contribution in [3.8, 4) is 0 Å². The summed E-state index contributed by atoms with van der Waals surface area (Å²) in [7, 11) is 0. The van der Waals surface area contributed by atoms with Gasteiger partial charge in [-0.3, -0.25) is 10.8 Å². The van der Waals surface area contributed by atoms with E-state index in [2.05, 4.69) is 10.4 Å². The Hall–Kier alpha value is -1.92. The van der Waals surface area contributed by atoms with E-state index in [1.54, 1.807) is 12.3 Å². The number of hydrogen-bond acceptors (Lipinski definition) is 3. The first-order valence-corrected chi connectivity index (χ1v) is 5.55. The molecule has 0 aliphatic rings. The Morgan fingerprint density at radius 1 is 1.16 bits per heavy atom. The van der Waals surface area contributed by atoms with Gasteiger partial charge in [0.25, 0.3) is 0 Å². The molecule has 0 saturated heterocycles. The van der Waals surface area contributed by atoms with Gasteiger partial charge in [-0.2, -0.15) is 0 Å². The lowest BCUT2D eigenvalue weighted by Crippen LogP contribution is -2.30. The zero-order valence-electron chi connectivity index (χ0n) is 10.1. The van der Waals surface area contributed by atoms with Crippen LogP contribution in [0.3, 0.4) is 0 Å². The van der Waals surface area contributed by atoms with Crippen molar-refractivity contribution in [2.45, 2.75) is 13.0 Å². The van der Waals surface area contributed by atoms with E-state index >= 15 is 0 Å². The molecular weight excluding hydrogens is 255 g/mol. The minimum absolute atomic E-state index is 0.0752. The fraction of sp³-hybridized carbons (Fsp3) is 0.154. The van der Waals surface area contributed by atoms with E-state index in [0.717, 1.165) is 17.7 Å². The molecule has 0 amide bonds. The van der Waals surface area contributed by atoms with Crippen LogP contribution in [0.15, 0.2) is 30.6 Å². The van der Waals surface area contributed by atoms with E-state index in [4.69, 9.17) is 5.84 Å². The highest BCUT2D eigenvalue weighted by Gasteiger charge is 2.21. The van der Waals surface area contributed by atoms with Gasteiger partial charge in [0.2, 0.25) is 0 Å². The number of rotatable bonds is 3. The van der Waals surface area contributed by atoms with Crippen LogP contribution in [-0.2, 0) is 0 Å². The zero-order valence-corrected chi connectivity index (χ0v) is 10.1. The smallest absolute Gasteiger partial charge is 0.194 e. The number of aryl methyl sites for hydroxylation is 1. The topological polar surface area (TPSA) is 50.9 Å². The Balaban J connectivity index is 2.51. The van der Waals surface area contributed by atoms with Crippen LogP contribution < -0.4 is 11.3 Å². The van der Waals surface area contributed by atoms with Gasteiger partial charge in [-0.1, -0.05) is 12.1 Å². The molecule has 0 aliphatic carbocycles. The summed E-state index contributed by atoms with van der Waals surface area (Å²) in [4.78, 5) is 3.96. The summed E-state index contributed by atoms with van der Waals surface area (Å²) in [5.74, 6) is 1.37. The predicted molar refractivity (Wildman–Crippen MR) is 64.5 cm³/mol. The van der Waals surface area contributed by atoms with Crippen molar-refractivity contribution in [1.82, 2.24) is 10.4 Å². The molecule has 2 aromatic rings. The number of hydrogen-bond donors (Lipinski definition) is 2. The Labute approximate surface area is 108 Å². The molecule has 0 fully saturated rings. The second-order valence-corrected chi connectivity index (χ2v) is 4.16. The molecule has 19 heavy (non-hydrogen) atoms. The number of nitrogens with one attached hydrogen (secondary N) is 1. The van der Waals surface area contributed by atoms with Crippen LogP contribution in [0.5, 0.6) is 0 Å². The molecule has 0 bridgehead atoms. The Bertz CT molecular complexity index is 602. The third-order valence-corrected chi connectivity index (χ3v) is 2.77. The van der Waals surface area contributed by atoms with Crippen molar-refractivity contribution in [2.24, 2.45) is 5.84 Å². The van der Waals surface area contributed by atoms with Crippen molar-refractivity contribution in [1.29, 1.82) is 0 Å². The van der Waals surface area contributed by atoms with Crippen molar-refractivity contribution >= 4 is 0 Å². The molecule has 3 nitrogen and oxygen atoms in total. The number of hydrazine groups is 1. The summed E-state index contributed by atoms with van der Waals surface area (Å²) in [6, 6.07) is 2.95. The lowest BCUT2D eigenvalue weighted by atomic mass is 9.99. The zero-order chi connectivity index (χ0) is 14.0. The quantitative estimate of drug-likeness (QED) is 0.510. The molecule has 3 N–H and O–H groups in total. The molecule has 6 heteroatoms. The normalized spacial score (nSPS) is 12.5. The van der Waals surface area contributed by atoms with Gasteiger partial charge in [0.05, 0.1) is 6.04 Å². The van der Waals surface area contributed by atoms with Crippen molar-refractivity contribution in [3.63, 3.8) is 0 Å². The summed E-state index contributed by atoms with van der Waals surface area (Å²) in [5.41, 5.74) is 3.72. The lowest BCUT2D eigenvalue weighted by Gasteiger charge is -2.18. The highest BCUT2D eigenvalue weighted by Crippen LogP contribution is 2.26. The monoisotopic (exact) mass is 267 g/mol. The maximum absolute atomic E-state index is 13.8. The summed E-state index contributed by atoms with van der Waals surface area (Å²) in [6.07, 6.45) is 3.11. The summed E-state index contributed by atoms with van der Waals surface area (Å²) >= 11 is 0. The van der Waals surface area contributed by atoms with Crippen LogP contribution in [0.2, 0.25) is 0 Å². The number of halogens is 3. The third-order valence-electron chi connectivity index (χ3n) is 2.77. The lowest BCUT2D eigenvalue weighted by molar-refractivity contribution is 0.433. The first-order chi connectivity index (χ1) is 9.04. The van der Waals surface area contributed by atoms with Gasteiger partial charge < -0.3 is 0 Å². The van der Waals surface area contributed by atoms with Crippen LogP contribution >= 0.6 is 0 Å². The van der Waals surface area contributed by atoms with E-state index in [1.807, 2.05) is 6.92 Å². The highest BCUT2D eigenvalue weighted by atomic mass is 19.2. The SMILES string of the molecule is Cc1cncc(C(NN)c2ccc(F)c(F)c2F)c1. The Morgan fingerprint density at radius 3 is 2.53 bits per heavy atom. The molecule has 0 saturated carbocycles. The van der Waals surface area contributed by atoms with Gasteiger partial charge in [-0.05, 0) is 24.1 Å². The van der Waals surface area contributed by atoms with E-state index in [-0.39, 0.29) is 5.56 Å². The molecule has 0 aliphatic heterocycles. The first kappa shape index (κ1) is 13.5. The Kier molecular flexibility index (Phi) is 3.82. The number of nitrogens with two attached hydrogens (primary N) is 1. The van der Waals surface area contributed by atoms with Crippen molar-refractivity contribution < 1.29 is 13.2 Å². The molecule has 1 aromatic carbocycles. The van der Waals surface area contributed by atoms with Gasteiger partial charge in [0, 0.05) is 18.0 Å². The largest absolute Gasteiger partial charge is 0.271 e. The fourth-order valence-electron chi connectivity index (χ4n) is 1.87.